The maximum Gasteiger partial charge on any atom is 0.343 e. The number of benzene rings is 2. The van der Waals surface area contributed by atoms with Gasteiger partial charge in [0.15, 0.2) is 22.7 Å². The maximum atomic E-state index is 5.60. The first-order valence-electron chi connectivity index (χ1n) is 5.94. The standard InChI is InChI=1S/C14H8BN2O2/c1-3-7-11-9(5-1)16-13(18-11)15-14-17-10-6-2-4-8-12(10)19-14/h1-8H. The molecule has 0 aliphatic carbocycles. The second-order valence-electron chi connectivity index (χ2n) is 4.18. The molecule has 1 radical (unpaired) electrons. The molecular formula is C14H8BN2O2. The Hall–Kier alpha value is -2.56. The van der Waals surface area contributed by atoms with Crippen LogP contribution in [0, 0.1) is 0 Å². The van der Waals surface area contributed by atoms with Gasteiger partial charge in [0.05, 0.1) is 0 Å². The van der Waals surface area contributed by atoms with E-state index in [1.54, 1.807) is 7.28 Å². The van der Waals surface area contributed by atoms with E-state index < -0.39 is 0 Å². The van der Waals surface area contributed by atoms with Gasteiger partial charge < -0.3 is 8.83 Å². The second-order valence-corrected chi connectivity index (χ2v) is 4.18. The van der Waals surface area contributed by atoms with Crippen LogP contribution in [0.2, 0.25) is 0 Å². The largest absolute Gasteiger partial charge is 0.451 e. The Bertz CT molecular complexity index is 728. The van der Waals surface area contributed by atoms with Crippen LogP contribution in [0.15, 0.2) is 57.4 Å². The summed E-state index contributed by atoms with van der Waals surface area (Å²) in [6.45, 7) is 0. The number of fused-ring (bicyclic) bond motifs is 2. The van der Waals surface area contributed by atoms with Gasteiger partial charge in [-0.15, -0.1) is 0 Å². The van der Waals surface area contributed by atoms with Crippen molar-refractivity contribution >= 4 is 41.1 Å². The molecule has 0 atom stereocenters. The first kappa shape index (κ1) is 10.4. The van der Waals surface area contributed by atoms with Gasteiger partial charge in [-0.2, -0.15) is 0 Å². The highest BCUT2D eigenvalue weighted by Crippen LogP contribution is 2.10. The summed E-state index contributed by atoms with van der Waals surface area (Å²) in [5.41, 5.74) is 3.16. The minimum Gasteiger partial charge on any atom is -0.451 e. The average molecular weight is 247 g/mol. The van der Waals surface area contributed by atoms with Gasteiger partial charge in [-0.05, 0) is 24.3 Å². The molecule has 0 N–H and O–H groups in total. The molecule has 0 aliphatic rings. The summed E-state index contributed by atoms with van der Waals surface area (Å²) in [6.07, 6.45) is 0. The summed E-state index contributed by atoms with van der Waals surface area (Å²) in [5, 5.41) is 0. The van der Waals surface area contributed by atoms with E-state index in [4.69, 9.17) is 8.83 Å². The van der Waals surface area contributed by atoms with Crippen molar-refractivity contribution in [2.24, 2.45) is 0 Å². The van der Waals surface area contributed by atoms with Crippen LogP contribution >= 0.6 is 0 Å². The Balaban J connectivity index is 1.73. The maximum absolute atomic E-state index is 5.60. The zero-order chi connectivity index (χ0) is 12.7. The summed E-state index contributed by atoms with van der Waals surface area (Å²) in [4.78, 5) is 8.71. The van der Waals surface area contributed by atoms with Gasteiger partial charge in [-0.25, -0.2) is 9.97 Å². The molecule has 2 heterocycles. The summed E-state index contributed by atoms with van der Waals surface area (Å²) < 4.78 is 11.2. The Morgan fingerprint density at radius 3 is 1.63 bits per heavy atom. The third-order valence-electron chi connectivity index (χ3n) is 2.87. The molecule has 0 saturated carbocycles. The number of para-hydroxylation sites is 4. The first-order chi connectivity index (χ1) is 9.38. The van der Waals surface area contributed by atoms with E-state index in [-0.39, 0.29) is 0 Å². The molecule has 0 amide bonds. The molecule has 5 heteroatoms. The highest BCUT2D eigenvalue weighted by atomic mass is 16.4. The number of hydrogen-bond donors (Lipinski definition) is 0. The second kappa shape index (κ2) is 3.98. The molecule has 4 rings (SSSR count). The fourth-order valence-electron chi connectivity index (χ4n) is 2.01. The molecule has 89 valence electrons. The van der Waals surface area contributed by atoms with Gasteiger partial charge >= 0.3 is 7.28 Å². The van der Waals surface area contributed by atoms with Crippen LogP contribution in [-0.2, 0) is 0 Å². The lowest BCUT2D eigenvalue weighted by atomic mass is 9.78. The van der Waals surface area contributed by atoms with E-state index in [1.165, 1.54) is 0 Å². The number of rotatable bonds is 2. The molecule has 19 heavy (non-hydrogen) atoms. The van der Waals surface area contributed by atoms with Crippen molar-refractivity contribution in [3.05, 3.63) is 48.5 Å². The number of nitrogens with zero attached hydrogens (tertiary/aromatic N) is 2. The molecule has 4 nitrogen and oxygen atoms in total. The minimum absolute atomic E-state index is 0.493. The van der Waals surface area contributed by atoms with Crippen molar-refractivity contribution in [2.45, 2.75) is 0 Å². The van der Waals surface area contributed by atoms with Crippen molar-refractivity contribution in [1.82, 2.24) is 9.97 Å². The molecule has 4 aromatic rings. The predicted octanol–water partition coefficient (Wildman–Crippen LogP) is 1.62. The first-order valence-corrected chi connectivity index (χ1v) is 5.94. The van der Waals surface area contributed by atoms with Crippen LogP contribution in [0.5, 0.6) is 0 Å². The zero-order valence-corrected chi connectivity index (χ0v) is 9.91. The Morgan fingerprint density at radius 1 is 0.684 bits per heavy atom. The number of aromatic nitrogens is 2. The molecule has 0 spiro atoms. The Kier molecular flexibility index (Phi) is 2.17. The molecule has 0 fully saturated rings. The minimum atomic E-state index is 0.493. The lowest BCUT2D eigenvalue weighted by Gasteiger charge is -1.85. The van der Waals surface area contributed by atoms with Crippen molar-refractivity contribution < 1.29 is 8.83 Å². The van der Waals surface area contributed by atoms with Crippen LogP contribution in [0.25, 0.3) is 22.2 Å². The van der Waals surface area contributed by atoms with E-state index in [9.17, 15) is 0 Å². The average Bonchev–Trinajstić information content (AvgIpc) is 3.00. The normalized spacial score (nSPS) is 11.2. The molecule has 2 aromatic carbocycles. The van der Waals surface area contributed by atoms with Gasteiger partial charge in [0.1, 0.15) is 11.0 Å². The molecule has 0 saturated heterocycles. The summed E-state index contributed by atoms with van der Waals surface area (Å²) in [7, 11) is 1.69. The highest BCUT2D eigenvalue weighted by Gasteiger charge is 2.13. The Morgan fingerprint density at radius 2 is 1.16 bits per heavy atom. The third kappa shape index (κ3) is 1.79. The van der Waals surface area contributed by atoms with Crippen molar-refractivity contribution in [3.8, 4) is 0 Å². The predicted molar refractivity (Wildman–Crippen MR) is 73.0 cm³/mol. The molecule has 0 bridgehead atoms. The zero-order valence-electron chi connectivity index (χ0n) is 9.91. The smallest absolute Gasteiger partial charge is 0.343 e. The monoisotopic (exact) mass is 247 g/mol. The van der Waals surface area contributed by atoms with Crippen molar-refractivity contribution in [2.75, 3.05) is 0 Å². The van der Waals surface area contributed by atoms with E-state index in [1.807, 2.05) is 48.5 Å². The third-order valence-corrected chi connectivity index (χ3v) is 2.87. The van der Waals surface area contributed by atoms with Gasteiger partial charge in [0.2, 0.25) is 0 Å². The molecule has 0 unspecified atom stereocenters. The van der Waals surface area contributed by atoms with Crippen LogP contribution in [0.4, 0.5) is 0 Å². The number of hydrogen-bond acceptors (Lipinski definition) is 4. The van der Waals surface area contributed by atoms with E-state index in [2.05, 4.69) is 9.97 Å². The van der Waals surface area contributed by atoms with Crippen LogP contribution < -0.4 is 11.6 Å². The molecule has 0 aliphatic heterocycles. The lowest BCUT2D eigenvalue weighted by molar-refractivity contribution is 0.630. The SMILES string of the molecule is [B](c1nc2ccccc2o1)c1nc2ccccc2o1. The van der Waals surface area contributed by atoms with E-state index >= 15 is 0 Å². The fraction of sp³-hybridized carbons (Fsp3) is 0. The summed E-state index contributed by atoms with van der Waals surface area (Å²) in [5.74, 6) is 0.987. The van der Waals surface area contributed by atoms with Crippen LogP contribution in [-0.4, -0.2) is 17.2 Å². The van der Waals surface area contributed by atoms with Crippen molar-refractivity contribution in [3.63, 3.8) is 0 Å². The summed E-state index contributed by atoms with van der Waals surface area (Å²) >= 11 is 0. The van der Waals surface area contributed by atoms with E-state index in [0.717, 1.165) is 22.2 Å². The van der Waals surface area contributed by atoms with Gasteiger partial charge in [-0.1, -0.05) is 24.3 Å². The highest BCUT2D eigenvalue weighted by molar-refractivity contribution is 6.63. The van der Waals surface area contributed by atoms with Gasteiger partial charge in [0, 0.05) is 0 Å². The Labute approximate surface area is 109 Å². The summed E-state index contributed by atoms with van der Waals surface area (Å²) in [6, 6.07) is 15.2. The van der Waals surface area contributed by atoms with Crippen LogP contribution in [0.1, 0.15) is 0 Å². The fourth-order valence-corrected chi connectivity index (χ4v) is 2.01. The molecular weight excluding hydrogens is 239 g/mol. The lowest BCUT2D eigenvalue weighted by Crippen LogP contribution is -2.28. The molecule has 2 aromatic heterocycles. The van der Waals surface area contributed by atoms with Crippen LogP contribution in [0.3, 0.4) is 0 Å². The van der Waals surface area contributed by atoms with Gasteiger partial charge in [-0.3, -0.25) is 0 Å². The van der Waals surface area contributed by atoms with E-state index in [0.29, 0.717) is 11.6 Å². The van der Waals surface area contributed by atoms with Gasteiger partial charge in [0.25, 0.3) is 0 Å². The topological polar surface area (TPSA) is 52.1 Å². The van der Waals surface area contributed by atoms with Crippen molar-refractivity contribution in [1.29, 1.82) is 0 Å². The quantitative estimate of drug-likeness (QED) is 0.505. The number of oxazole rings is 2.